The Hall–Kier alpha value is -1.38. The molecule has 14 heavy (non-hydrogen) atoms. The van der Waals surface area contributed by atoms with Crippen molar-refractivity contribution in [2.24, 2.45) is 0 Å². The van der Waals surface area contributed by atoms with Crippen molar-refractivity contribution in [3.8, 4) is 0 Å². The fourth-order valence-electron chi connectivity index (χ4n) is 1.55. The Kier molecular flexibility index (Phi) is 2.23. The van der Waals surface area contributed by atoms with E-state index in [0.717, 1.165) is 17.9 Å². The molecule has 0 aliphatic carbocycles. The Bertz CT molecular complexity index is 443. The molecular weight excluding hydrogens is 174 g/mol. The molecule has 0 N–H and O–H groups in total. The van der Waals surface area contributed by atoms with E-state index < -0.39 is 0 Å². The second kappa shape index (κ2) is 3.40. The van der Waals surface area contributed by atoms with Crippen LogP contribution in [0, 0.1) is 0 Å². The van der Waals surface area contributed by atoms with E-state index >= 15 is 0 Å². The van der Waals surface area contributed by atoms with E-state index in [1.165, 1.54) is 5.56 Å². The van der Waals surface area contributed by atoms with Crippen molar-refractivity contribution in [1.82, 2.24) is 14.4 Å². The molecule has 0 aliphatic heterocycles. The minimum atomic E-state index is 0.436. The minimum absolute atomic E-state index is 0.436. The van der Waals surface area contributed by atoms with Crippen LogP contribution in [0.1, 0.15) is 38.1 Å². The zero-order valence-corrected chi connectivity index (χ0v) is 8.86. The molecule has 0 unspecified atom stereocenters. The van der Waals surface area contributed by atoms with Gasteiger partial charge in [-0.05, 0) is 12.0 Å². The fourth-order valence-corrected chi connectivity index (χ4v) is 1.55. The van der Waals surface area contributed by atoms with Crippen LogP contribution < -0.4 is 0 Å². The summed E-state index contributed by atoms with van der Waals surface area (Å²) in [6, 6.07) is 0. The number of hydrogen-bond donors (Lipinski definition) is 0. The maximum absolute atomic E-state index is 4.37. The zero-order chi connectivity index (χ0) is 10.1. The van der Waals surface area contributed by atoms with E-state index in [2.05, 4.69) is 41.3 Å². The van der Waals surface area contributed by atoms with Crippen LogP contribution in [0.2, 0.25) is 0 Å². The van der Waals surface area contributed by atoms with E-state index in [-0.39, 0.29) is 0 Å². The first kappa shape index (κ1) is 9.19. The van der Waals surface area contributed by atoms with Gasteiger partial charge in [0.1, 0.15) is 5.82 Å². The molecule has 2 heterocycles. The Balaban J connectivity index is 2.63. The van der Waals surface area contributed by atoms with Gasteiger partial charge in [0.2, 0.25) is 0 Å². The predicted molar refractivity (Wildman–Crippen MR) is 56.5 cm³/mol. The van der Waals surface area contributed by atoms with Crippen LogP contribution in [0.25, 0.3) is 5.65 Å². The molecule has 0 aliphatic rings. The molecule has 2 rings (SSSR count). The molecule has 2 aromatic rings. The van der Waals surface area contributed by atoms with Gasteiger partial charge in [0.25, 0.3) is 0 Å². The Morgan fingerprint density at radius 2 is 2.07 bits per heavy atom. The molecule has 0 radical (unpaired) electrons. The van der Waals surface area contributed by atoms with Crippen molar-refractivity contribution in [1.29, 1.82) is 0 Å². The van der Waals surface area contributed by atoms with Gasteiger partial charge in [0.15, 0.2) is 5.65 Å². The Morgan fingerprint density at radius 3 is 2.71 bits per heavy atom. The maximum Gasteiger partial charge on any atom is 0.156 e. The summed E-state index contributed by atoms with van der Waals surface area (Å²) < 4.78 is 2.09. The van der Waals surface area contributed by atoms with Gasteiger partial charge in [-0.15, -0.1) is 0 Å². The van der Waals surface area contributed by atoms with Crippen molar-refractivity contribution in [2.45, 2.75) is 33.1 Å². The monoisotopic (exact) mass is 189 g/mol. The second-order valence-corrected chi connectivity index (χ2v) is 3.82. The second-order valence-electron chi connectivity index (χ2n) is 3.82. The third-order valence-corrected chi connectivity index (χ3v) is 2.39. The molecule has 74 valence electrons. The summed E-state index contributed by atoms with van der Waals surface area (Å²) in [6.45, 7) is 6.43. The van der Waals surface area contributed by atoms with Gasteiger partial charge in [0, 0.05) is 18.3 Å². The van der Waals surface area contributed by atoms with Crippen LogP contribution in [0.3, 0.4) is 0 Å². The Morgan fingerprint density at radius 1 is 1.29 bits per heavy atom. The van der Waals surface area contributed by atoms with E-state index in [1.54, 1.807) is 0 Å². The van der Waals surface area contributed by atoms with E-state index in [1.807, 2.05) is 12.4 Å². The van der Waals surface area contributed by atoms with Gasteiger partial charge in [0.05, 0.1) is 6.20 Å². The summed E-state index contributed by atoms with van der Waals surface area (Å²) >= 11 is 0. The van der Waals surface area contributed by atoms with Crippen LogP contribution >= 0.6 is 0 Å². The summed E-state index contributed by atoms with van der Waals surface area (Å²) in [5, 5.41) is 0. The Labute approximate surface area is 83.8 Å². The first-order valence-electron chi connectivity index (χ1n) is 5.04. The highest BCUT2D eigenvalue weighted by atomic mass is 15.1. The predicted octanol–water partition coefficient (Wildman–Crippen LogP) is 2.42. The molecule has 3 heteroatoms. The topological polar surface area (TPSA) is 30.2 Å². The van der Waals surface area contributed by atoms with E-state index in [0.29, 0.717) is 5.92 Å². The molecule has 0 aromatic carbocycles. The average molecular weight is 189 g/mol. The van der Waals surface area contributed by atoms with Gasteiger partial charge in [-0.25, -0.2) is 9.97 Å². The third-order valence-electron chi connectivity index (χ3n) is 2.39. The van der Waals surface area contributed by atoms with E-state index in [9.17, 15) is 0 Å². The van der Waals surface area contributed by atoms with Gasteiger partial charge in [-0.3, -0.25) is 4.40 Å². The minimum Gasteiger partial charge on any atom is -0.288 e. The van der Waals surface area contributed by atoms with Gasteiger partial charge in [-0.1, -0.05) is 20.8 Å². The maximum atomic E-state index is 4.37. The van der Waals surface area contributed by atoms with Gasteiger partial charge in [-0.2, -0.15) is 0 Å². The van der Waals surface area contributed by atoms with Crippen LogP contribution in [0.15, 0.2) is 18.6 Å². The molecule has 3 nitrogen and oxygen atoms in total. The molecule has 0 atom stereocenters. The lowest BCUT2D eigenvalue weighted by Gasteiger charge is -2.04. The van der Waals surface area contributed by atoms with Crippen molar-refractivity contribution in [3.63, 3.8) is 0 Å². The number of fused-ring (bicyclic) bond motifs is 1. The lowest BCUT2D eigenvalue weighted by Crippen LogP contribution is -1.99. The van der Waals surface area contributed by atoms with Crippen molar-refractivity contribution >= 4 is 5.65 Å². The van der Waals surface area contributed by atoms with Crippen LogP contribution in [0.5, 0.6) is 0 Å². The first-order valence-corrected chi connectivity index (χ1v) is 5.04. The summed E-state index contributed by atoms with van der Waals surface area (Å²) in [6.07, 6.45) is 6.89. The molecule has 2 aromatic heterocycles. The van der Waals surface area contributed by atoms with Crippen LogP contribution in [-0.4, -0.2) is 14.4 Å². The number of rotatable bonds is 2. The average Bonchev–Trinajstić information content (AvgIpc) is 2.59. The quantitative estimate of drug-likeness (QED) is 0.726. The van der Waals surface area contributed by atoms with Crippen molar-refractivity contribution < 1.29 is 0 Å². The largest absolute Gasteiger partial charge is 0.288 e. The molecule has 0 spiro atoms. The van der Waals surface area contributed by atoms with Crippen LogP contribution in [0.4, 0.5) is 0 Å². The molecule has 0 amide bonds. The molecule has 0 saturated heterocycles. The normalized spacial score (nSPS) is 11.4. The summed E-state index contributed by atoms with van der Waals surface area (Å²) in [5.74, 6) is 1.52. The molecule has 0 fully saturated rings. The zero-order valence-electron chi connectivity index (χ0n) is 8.86. The summed E-state index contributed by atoms with van der Waals surface area (Å²) in [4.78, 5) is 8.73. The summed E-state index contributed by atoms with van der Waals surface area (Å²) in [7, 11) is 0. The highest BCUT2D eigenvalue weighted by Gasteiger charge is 2.07. The number of imidazole rings is 1. The molecular formula is C11H15N3. The van der Waals surface area contributed by atoms with Gasteiger partial charge < -0.3 is 0 Å². The van der Waals surface area contributed by atoms with Crippen molar-refractivity contribution in [2.75, 3.05) is 0 Å². The molecule has 0 bridgehead atoms. The molecule has 0 saturated carbocycles. The highest BCUT2D eigenvalue weighted by molar-refractivity contribution is 5.38. The van der Waals surface area contributed by atoms with Gasteiger partial charge >= 0.3 is 0 Å². The van der Waals surface area contributed by atoms with Crippen molar-refractivity contribution in [3.05, 3.63) is 30.0 Å². The lowest BCUT2D eigenvalue weighted by atomic mass is 10.2. The number of hydrogen-bond acceptors (Lipinski definition) is 2. The van der Waals surface area contributed by atoms with Crippen LogP contribution in [-0.2, 0) is 6.42 Å². The lowest BCUT2D eigenvalue weighted by molar-refractivity contribution is 0.765. The first-order chi connectivity index (χ1) is 6.72. The number of aryl methyl sites for hydroxylation is 1. The van der Waals surface area contributed by atoms with E-state index in [4.69, 9.17) is 0 Å². The smallest absolute Gasteiger partial charge is 0.156 e. The SMILES string of the molecule is CCc1cnc2cnc(C(C)C)n2c1. The fraction of sp³-hybridized carbons (Fsp3) is 0.455. The highest BCUT2D eigenvalue weighted by Crippen LogP contribution is 2.14. The standard InChI is InChI=1S/C11H15N3/c1-4-9-5-12-10-6-13-11(8(2)3)14(10)7-9/h5-8H,4H2,1-3H3. The third kappa shape index (κ3) is 1.39. The number of nitrogens with zero attached hydrogens (tertiary/aromatic N) is 3. The number of aromatic nitrogens is 3. The summed E-state index contributed by atoms with van der Waals surface area (Å²) in [5.41, 5.74) is 2.18.